The van der Waals surface area contributed by atoms with Gasteiger partial charge in [-0.3, -0.25) is 14.5 Å². The van der Waals surface area contributed by atoms with Gasteiger partial charge < -0.3 is 10.2 Å². The number of halogens is 1. The van der Waals surface area contributed by atoms with Gasteiger partial charge in [-0.15, -0.1) is 0 Å². The van der Waals surface area contributed by atoms with Crippen LogP contribution < -0.4 is 5.32 Å². The number of amides is 2. The molecule has 2 saturated heterocycles. The quantitative estimate of drug-likeness (QED) is 0.810. The Hall–Kier alpha value is -1.40. The van der Waals surface area contributed by atoms with Crippen molar-refractivity contribution >= 4 is 33.4 Å². The number of hydrogen-bond donors (Lipinski definition) is 1. The van der Waals surface area contributed by atoms with E-state index in [0.717, 1.165) is 61.4 Å². The van der Waals surface area contributed by atoms with Crippen molar-refractivity contribution in [3.63, 3.8) is 0 Å². The zero-order chi connectivity index (χ0) is 18.5. The summed E-state index contributed by atoms with van der Waals surface area (Å²) in [6.45, 7) is 5.96. The third-order valence-electron chi connectivity index (χ3n) is 5.45. The lowest BCUT2D eigenvalue weighted by molar-refractivity contribution is -0.139. The minimum absolute atomic E-state index is 0.0211. The van der Waals surface area contributed by atoms with Crippen LogP contribution in [0.2, 0.25) is 0 Å². The predicted molar refractivity (Wildman–Crippen MR) is 107 cm³/mol. The summed E-state index contributed by atoms with van der Waals surface area (Å²) in [7, 11) is 0. The van der Waals surface area contributed by atoms with Crippen molar-refractivity contribution in [2.75, 3.05) is 38.0 Å². The van der Waals surface area contributed by atoms with Gasteiger partial charge in [0, 0.05) is 29.8 Å². The number of hydrogen-bond acceptors (Lipinski definition) is 3. The van der Waals surface area contributed by atoms with Crippen molar-refractivity contribution in [2.24, 2.45) is 11.8 Å². The number of benzene rings is 1. The maximum absolute atomic E-state index is 12.8. The fourth-order valence-electron chi connectivity index (χ4n) is 3.82. The third-order valence-corrected chi connectivity index (χ3v) is 5.97. The van der Waals surface area contributed by atoms with Gasteiger partial charge in [0.05, 0.1) is 12.5 Å². The molecule has 5 nitrogen and oxygen atoms in total. The van der Waals surface area contributed by atoms with Crippen molar-refractivity contribution in [3.05, 3.63) is 28.7 Å². The zero-order valence-corrected chi connectivity index (χ0v) is 17.0. The van der Waals surface area contributed by atoms with Crippen LogP contribution in [-0.2, 0) is 9.59 Å². The van der Waals surface area contributed by atoms with E-state index in [1.54, 1.807) is 0 Å². The highest BCUT2D eigenvalue weighted by atomic mass is 79.9. The molecule has 0 bridgehead atoms. The van der Waals surface area contributed by atoms with Crippen LogP contribution in [-0.4, -0.2) is 54.3 Å². The van der Waals surface area contributed by atoms with Crippen LogP contribution in [0.1, 0.15) is 32.6 Å². The molecular weight excluding hydrogens is 394 g/mol. The van der Waals surface area contributed by atoms with Crippen LogP contribution in [0.3, 0.4) is 0 Å². The molecule has 0 saturated carbocycles. The first-order valence-electron chi connectivity index (χ1n) is 9.58. The first-order chi connectivity index (χ1) is 12.5. The summed E-state index contributed by atoms with van der Waals surface area (Å²) in [5.74, 6) is 1.03. The van der Waals surface area contributed by atoms with E-state index in [1.165, 1.54) is 0 Å². The predicted octanol–water partition coefficient (Wildman–Crippen LogP) is 3.36. The largest absolute Gasteiger partial charge is 0.342 e. The average molecular weight is 422 g/mol. The number of carbonyl (C=O) groups excluding carboxylic acids is 2. The van der Waals surface area contributed by atoms with Crippen LogP contribution in [0.5, 0.6) is 0 Å². The molecule has 0 spiro atoms. The van der Waals surface area contributed by atoms with Crippen LogP contribution in [0, 0.1) is 11.8 Å². The molecule has 2 amide bonds. The Labute approximate surface area is 164 Å². The molecule has 2 aliphatic rings. The minimum Gasteiger partial charge on any atom is -0.342 e. The fraction of sp³-hybridized carbons (Fsp3) is 0.600. The second-order valence-electron chi connectivity index (χ2n) is 7.64. The van der Waals surface area contributed by atoms with Gasteiger partial charge in [-0.1, -0.05) is 22.9 Å². The lowest BCUT2D eigenvalue weighted by Gasteiger charge is -2.37. The molecule has 2 heterocycles. The molecule has 1 atom stereocenters. The first kappa shape index (κ1) is 19.4. The van der Waals surface area contributed by atoms with Crippen LogP contribution in [0.25, 0.3) is 0 Å². The molecule has 0 aromatic heterocycles. The minimum atomic E-state index is -0.0211. The Morgan fingerprint density at radius 2 is 1.81 bits per heavy atom. The maximum Gasteiger partial charge on any atom is 0.238 e. The Morgan fingerprint density at radius 1 is 1.12 bits per heavy atom. The summed E-state index contributed by atoms with van der Waals surface area (Å²) in [4.78, 5) is 29.3. The van der Waals surface area contributed by atoms with Gasteiger partial charge in [-0.25, -0.2) is 0 Å². The number of anilines is 1. The molecule has 1 unspecified atom stereocenters. The van der Waals surface area contributed by atoms with Gasteiger partial charge in [0.1, 0.15) is 0 Å². The van der Waals surface area contributed by atoms with Gasteiger partial charge in [0.2, 0.25) is 11.8 Å². The number of nitrogens with zero attached hydrogens (tertiary/aromatic N) is 2. The second kappa shape index (κ2) is 9.00. The van der Waals surface area contributed by atoms with Crippen LogP contribution in [0.4, 0.5) is 5.69 Å². The smallest absolute Gasteiger partial charge is 0.238 e. The lowest BCUT2D eigenvalue weighted by Crippen LogP contribution is -2.48. The Bertz CT molecular complexity index is 626. The molecule has 0 radical (unpaired) electrons. The number of nitrogens with one attached hydrogen (secondary N) is 1. The molecule has 26 heavy (non-hydrogen) atoms. The first-order valence-corrected chi connectivity index (χ1v) is 10.4. The van der Waals surface area contributed by atoms with E-state index >= 15 is 0 Å². The van der Waals surface area contributed by atoms with Crippen LogP contribution >= 0.6 is 15.9 Å². The molecule has 6 heteroatoms. The lowest BCUT2D eigenvalue weighted by atomic mass is 9.93. The number of carbonyl (C=O) groups is 2. The van der Waals surface area contributed by atoms with E-state index in [2.05, 4.69) is 33.1 Å². The highest BCUT2D eigenvalue weighted by molar-refractivity contribution is 9.10. The van der Waals surface area contributed by atoms with E-state index in [0.29, 0.717) is 13.1 Å². The summed E-state index contributed by atoms with van der Waals surface area (Å²) < 4.78 is 0.986. The summed E-state index contributed by atoms with van der Waals surface area (Å²) >= 11 is 3.39. The van der Waals surface area contributed by atoms with Crippen molar-refractivity contribution < 1.29 is 9.59 Å². The summed E-state index contributed by atoms with van der Waals surface area (Å²) in [6, 6.07) is 7.57. The van der Waals surface area contributed by atoms with E-state index in [9.17, 15) is 9.59 Å². The van der Waals surface area contributed by atoms with Crippen molar-refractivity contribution in [2.45, 2.75) is 32.6 Å². The van der Waals surface area contributed by atoms with E-state index in [-0.39, 0.29) is 17.7 Å². The van der Waals surface area contributed by atoms with E-state index < -0.39 is 0 Å². The number of likely N-dealkylation sites (tertiary alicyclic amines) is 2. The molecule has 0 aliphatic carbocycles. The molecule has 1 aromatic carbocycles. The Kier molecular flexibility index (Phi) is 6.70. The van der Waals surface area contributed by atoms with Gasteiger partial charge in [0.25, 0.3) is 0 Å². The molecular formula is C20H28BrN3O2. The normalized spacial score (nSPS) is 22.2. The van der Waals surface area contributed by atoms with Crippen molar-refractivity contribution in [1.82, 2.24) is 9.80 Å². The Balaban J connectivity index is 1.49. The molecule has 1 aromatic rings. The van der Waals surface area contributed by atoms with Gasteiger partial charge in [0.15, 0.2) is 0 Å². The summed E-state index contributed by atoms with van der Waals surface area (Å²) in [6.07, 6.45) is 4.14. The summed E-state index contributed by atoms with van der Waals surface area (Å²) in [5, 5.41) is 2.93. The number of rotatable bonds is 4. The standard InChI is InChI=1S/C20H28BrN3O2/c1-15-8-11-24(12-9-15)20(26)16-3-2-10-23(13-16)14-19(25)22-18-6-4-17(21)5-7-18/h4-7,15-16H,2-3,8-14H2,1H3,(H,22,25). The maximum atomic E-state index is 12.8. The zero-order valence-electron chi connectivity index (χ0n) is 15.4. The van der Waals surface area contributed by atoms with Gasteiger partial charge in [-0.2, -0.15) is 0 Å². The van der Waals surface area contributed by atoms with Gasteiger partial charge in [-0.05, 0) is 62.4 Å². The topological polar surface area (TPSA) is 52.7 Å². The highest BCUT2D eigenvalue weighted by Crippen LogP contribution is 2.23. The Morgan fingerprint density at radius 3 is 2.50 bits per heavy atom. The van der Waals surface area contributed by atoms with Crippen molar-refractivity contribution in [1.29, 1.82) is 0 Å². The molecule has 3 rings (SSSR count). The molecule has 142 valence electrons. The molecule has 2 aliphatic heterocycles. The van der Waals surface area contributed by atoms with Gasteiger partial charge >= 0.3 is 0 Å². The summed E-state index contributed by atoms with van der Waals surface area (Å²) in [5.41, 5.74) is 0.797. The molecule has 2 fully saturated rings. The third kappa shape index (κ3) is 5.30. The monoisotopic (exact) mass is 421 g/mol. The average Bonchev–Trinajstić information content (AvgIpc) is 2.64. The van der Waals surface area contributed by atoms with E-state index in [1.807, 2.05) is 29.2 Å². The molecule has 1 N–H and O–H groups in total. The van der Waals surface area contributed by atoms with Crippen molar-refractivity contribution in [3.8, 4) is 0 Å². The fourth-order valence-corrected chi connectivity index (χ4v) is 4.09. The van der Waals surface area contributed by atoms with Crippen LogP contribution in [0.15, 0.2) is 28.7 Å². The second-order valence-corrected chi connectivity index (χ2v) is 8.55. The van der Waals surface area contributed by atoms with E-state index in [4.69, 9.17) is 0 Å². The highest BCUT2D eigenvalue weighted by Gasteiger charge is 2.31. The SMILES string of the molecule is CC1CCN(C(=O)C2CCCN(CC(=O)Nc3ccc(Br)cc3)C2)CC1. The number of piperidine rings is 2.